The van der Waals surface area contributed by atoms with Crippen molar-refractivity contribution >= 4 is 11.7 Å². The van der Waals surface area contributed by atoms with E-state index >= 15 is 0 Å². The van der Waals surface area contributed by atoms with Crippen LogP contribution in [0.3, 0.4) is 0 Å². The molecule has 2 aliphatic heterocycles. The van der Waals surface area contributed by atoms with E-state index in [9.17, 15) is 4.79 Å². The van der Waals surface area contributed by atoms with Gasteiger partial charge >= 0.3 is 0 Å². The van der Waals surface area contributed by atoms with Crippen LogP contribution in [0.5, 0.6) is 0 Å². The molecular formula is C16H23N3O3. The zero-order chi connectivity index (χ0) is 15.5. The highest BCUT2D eigenvalue weighted by molar-refractivity contribution is 5.78. The van der Waals surface area contributed by atoms with Gasteiger partial charge in [0.2, 0.25) is 12.2 Å². The molecule has 0 spiro atoms. The van der Waals surface area contributed by atoms with Crippen molar-refractivity contribution in [2.75, 3.05) is 32.6 Å². The standard InChI is InChI=1S/C16H23N3O3/c1-21-16(22-2)14-12(10-19-8-4-6-13(19)20)9-11-5-3-7-17-15(11)18-14/h9,16H,3-8,10H2,1-2H3,(H,17,18). The van der Waals surface area contributed by atoms with Gasteiger partial charge in [-0.05, 0) is 36.5 Å². The van der Waals surface area contributed by atoms with E-state index in [1.54, 1.807) is 14.2 Å². The number of likely N-dealkylation sites (tertiary alicyclic amines) is 1. The fourth-order valence-electron chi connectivity index (χ4n) is 3.17. The molecular weight excluding hydrogens is 282 g/mol. The number of aryl methyl sites for hydroxylation is 1. The van der Waals surface area contributed by atoms with Crippen LogP contribution in [0.2, 0.25) is 0 Å². The summed E-state index contributed by atoms with van der Waals surface area (Å²) in [4.78, 5) is 18.5. The molecule has 1 amide bonds. The Hall–Kier alpha value is -1.66. The highest BCUT2D eigenvalue weighted by atomic mass is 16.7. The van der Waals surface area contributed by atoms with Gasteiger partial charge in [0, 0.05) is 40.3 Å². The van der Waals surface area contributed by atoms with Gasteiger partial charge in [-0.15, -0.1) is 0 Å². The van der Waals surface area contributed by atoms with Crippen molar-refractivity contribution in [3.8, 4) is 0 Å². The van der Waals surface area contributed by atoms with E-state index < -0.39 is 6.29 Å². The van der Waals surface area contributed by atoms with Gasteiger partial charge in [0.15, 0.2) is 0 Å². The Morgan fingerprint density at radius 2 is 2.14 bits per heavy atom. The molecule has 0 bridgehead atoms. The number of hydrogen-bond acceptors (Lipinski definition) is 5. The van der Waals surface area contributed by atoms with Crippen LogP contribution in [0.4, 0.5) is 5.82 Å². The number of hydrogen-bond donors (Lipinski definition) is 1. The molecule has 0 aliphatic carbocycles. The summed E-state index contributed by atoms with van der Waals surface area (Å²) in [6.07, 6.45) is 3.19. The first-order valence-corrected chi connectivity index (χ1v) is 7.83. The molecule has 22 heavy (non-hydrogen) atoms. The minimum Gasteiger partial charge on any atom is -0.370 e. The molecule has 6 nitrogen and oxygen atoms in total. The van der Waals surface area contributed by atoms with Crippen LogP contribution in [-0.4, -0.2) is 43.1 Å². The molecule has 6 heteroatoms. The number of rotatable bonds is 5. The highest BCUT2D eigenvalue weighted by Gasteiger charge is 2.25. The maximum Gasteiger partial charge on any atom is 0.222 e. The third kappa shape index (κ3) is 2.94. The summed E-state index contributed by atoms with van der Waals surface area (Å²) in [5.74, 6) is 1.13. The highest BCUT2D eigenvalue weighted by Crippen LogP contribution is 2.29. The van der Waals surface area contributed by atoms with Crippen LogP contribution in [0.25, 0.3) is 0 Å². The lowest BCUT2D eigenvalue weighted by atomic mass is 10.0. The summed E-state index contributed by atoms with van der Waals surface area (Å²) in [6.45, 7) is 2.34. The number of nitrogens with zero attached hydrogens (tertiary/aromatic N) is 2. The molecule has 0 unspecified atom stereocenters. The van der Waals surface area contributed by atoms with Gasteiger partial charge in [0.25, 0.3) is 0 Å². The Balaban J connectivity index is 1.95. The molecule has 0 atom stereocenters. The van der Waals surface area contributed by atoms with Crippen LogP contribution in [0, 0.1) is 0 Å². The normalized spacial score (nSPS) is 17.8. The topological polar surface area (TPSA) is 63.7 Å². The Morgan fingerprint density at radius 1 is 1.32 bits per heavy atom. The predicted octanol–water partition coefficient (Wildman–Crippen LogP) is 1.85. The van der Waals surface area contributed by atoms with Crippen LogP contribution in [0.1, 0.15) is 42.4 Å². The number of ether oxygens (including phenoxy) is 2. The van der Waals surface area contributed by atoms with Gasteiger partial charge < -0.3 is 19.7 Å². The molecule has 1 aromatic heterocycles. The minimum atomic E-state index is -0.512. The first-order chi connectivity index (χ1) is 10.7. The zero-order valence-corrected chi connectivity index (χ0v) is 13.2. The number of anilines is 1. The van der Waals surface area contributed by atoms with E-state index in [-0.39, 0.29) is 5.91 Å². The summed E-state index contributed by atoms with van der Waals surface area (Å²) in [5, 5.41) is 3.33. The second-order valence-corrected chi connectivity index (χ2v) is 5.79. The molecule has 1 saturated heterocycles. The molecule has 1 aromatic rings. The van der Waals surface area contributed by atoms with Gasteiger partial charge in [-0.1, -0.05) is 0 Å². The van der Waals surface area contributed by atoms with Gasteiger partial charge in [0.1, 0.15) is 11.5 Å². The number of amides is 1. The molecule has 1 fully saturated rings. The Bertz CT molecular complexity index is 558. The van der Waals surface area contributed by atoms with Crippen LogP contribution >= 0.6 is 0 Å². The summed E-state index contributed by atoms with van der Waals surface area (Å²) in [7, 11) is 3.21. The predicted molar refractivity (Wildman–Crippen MR) is 82.5 cm³/mol. The van der Waals surface area contributed by atoms with E-state index in [1.165, 1.54) is 5.56 Å². The molecule has 0 radical (unpaired) electrons. The van der Waals surface area contributed by atoms with Crippen molar-refractivity contribution in [3.63, 3.8) is 0 Å². The van der Waals surface area contributed by atoms with E-state index in [0.29, 0.717) is 13.0 Å². The van der Waals surface area contributed by atoms with E-state index in [2.05, 4.69) is 11.4 Å². The van der Waals surface area contributed by atoms with Gasteiger partial charge in [0.05, 0.1) is 0 Å². The number of carbonyl (C=O) groups is 1. The third-order valence-electron chi connectivity index (χ3n) is 4.31. The van der Waals surface area contributed by atoms with E-state index in [1.807, 2.05) is 4.90 Å². The summed E-state index contributed by atoms with van der Waals surface area (Å²) < 4.78 is 10.8. The van der Waals surface area contributed by atoms with Gasteiger partial charge in [-0.2, -0.15) is 0 Å². The average molecular weight is 305 g/mol. The number of nitrogens with one attached hydrogen (secondary N) is 1. The molecule has 0 saturated carbocycles. The number of carbonyl (C=O) groups excluding carboxylic acids is 1. The van der Waals surface area contributed by atoms with Crippen molar-refractivity contribution < 1.29 is 14.3 Å². The summed E-state index contributed by atoms with van der Waals surface area (Å²) in [5.41, 5.74) is 2.99. The van der Waals surface area contributed by atoms with Crippen LogP contribution in [-0.2, 0) is 27.2 Å². The lowest BCUT2D eigenvalue weighted by Gasteiger charge is -2.25. The quantitative estimate of drug-likeness (QED) is 0.841. The zero-order valence-electron chi connectivity index (χ0n) is 13.2. The summed E-state index contributed by atoms with van der Waals surface area (Å²) in [6, 6.07) is 2.15. The monoisotopic (exact) mass is 305 g/mol. The average Bonchev–Trinajstić information content (AvgIpc) is 2.94. The SMILES string of the molecule is COC(OC)c1nc2c(cc1CN1CCCC1=O)CCCN2. The van der Waals surface area contributed by atoms with Crippen LogP contribution in [0.15, 0.2) is 6.07 Å². The Kier molecular flexibility index (Phi) is 4.59. The summed E-state index contributed by atoms with van der Waals surface area (Å²) >= 11 is 0. The van der Waals surface area contributed by atoms with Crippen molar-refractivity contribution in [2.45, 2.75) is 38.5 Å². The second kappa shape index (κ2) is 6.62. The molecule has 0 aromatic carbocycles. The molecule has 2 aliphatic rings. The fraction of sp³-hybridized carbons (Fsp3) is 0.625. The Labute approximate surface area is 130 Å². The van der Waals surface area contributed by atoms with Crippen molar-refractivity contribution in [3.05, 3.63) is 22.9 Å². The van der Waals surface area contributed by atoms with Crippen molar-refractivity contribution in [1.82, 2.24) is 9.88 Å². The molecule has 3 heterocycles. The van der Waals surface area contributed by atoms with Crippen molar-refractivity contribution in [1.29, 1.82) is 0 Å². The first-order valence-electron chi connectivity index (χ1n) is 7.83. The maximum atomic E-state index is 11.9. The first kappa shape index (κ1) is 15.2. The van der Waals surface area contributed by atoms with Crippen LogP contribution < -0.4 is 5.32 Å². The number of pyridine rings is 1. The third-order valence-corrected chi connectivity index (χ3v) is 4.31. The minimum absolute atomic E-state index is 0.216. The smallest absolute Gasteiger partial charge is 0.222 e. The fourth-order valence-corrected chi connectivity index (χ4v) is 3.17. The van der Waals surface area contributed by atoms with Gasteiger partial charge in [-0.3, -0.25) is 4.79 Å². The van der Waals surface area contributed by atoms with Gasteiger partial charge in [-0.25, -0.2) is 4.98 Å². The lowest BCUT2D eigenvalue weighted by molar-refractivity contribution is -0.128. The number of fused-ring (bicyclic) bond motifs is 1. The maximum absolute atomic E-state index is 11.9. The lowest BCUT2D eigenvalue weighted by Crippen LogP contribution is -2.26. The number of aromatic nitrogens is 1. The van der Waals surface area contributed by atoms with Crippen molar-refractivity contribution in [2.24, 2.45) is 0 Å². The van der Waals surface area contributed by atoms with E-state index in [0.717, 1.165) is 49.4 Å². The number of methoxy groups -OCH3 is 2. The van der Waals surface area contributed by atoms with E-state index in [4.69, 9.17) is 14.5 Å². The largest absolute Gasteiger partial charge is 0.370 e. The molecule has 3 rings (SSSR count). The molecule has 120 valence electrons. The Morgan fingerprint density at radius 3 is 2.82 bits per heavy atom. The molecule has 1 N–H and O–H groups in total. The second-order valence-electron chi connectivity index (χ2n) is 5.79.